The van der Waals surface area contributed by atoms with Crippen molar-refractivity contribution in [2.24, 2.45) is 0 Å². The first-order chi connectivity index (χ1) is 8.15. The van der Waals surface area contributed by atoms with Crippen LogP contribution < -0.4 is 5.32 Å². The predicted octanol–water partition coefficient (Wildman–Crippen LogP) is 2.60. The molecule has 0 aliphatic carbocycles. The van der Waals surface area contributed by atoms with Gasteiger partial charge in [-0.3, -0.25) is 0 Å². The van der Waals surface area contributed by atoms with Crippen molar-refractivity contribution in [1.82, 2.24) is 5.32 Å². The van der Waals surface area contributed by atoms with Gasteiger partial charge in [0.25, 0.3) is 5.76 Å². The maximum Gasteiger partial charge on any atom is 0.284 e. The van der Waals surface area contributed by atoms with Crippen molar-refractivity contribution in [1.29, 1.82) is 0 Å². The number of hydrogen-bond acceptors (Lipinski definition) is 4. The van der Waals surface area contributed by atoms with Crippen LogP contribution in [-0.2, 0) is 12.3 Å². The smallest absolute Gasteiger partial charge is 0.284 e. The van der Waals surface area contributed by atoms with Crippen molar-refractivity contribution in [2.45, 2.75) is 37.4 Å². The Morgan fingerprint density at radius 3 is 2.71 bits per heavy atom. The minimum Gasteiger partial charge on any atom is -0.464 e. The van der Waals surface area contributed by atoms with Gasteiger partial charge in [0.05, 0.1) is 18.9 Å². The van der Waals surface area contributed by atoms with Crippen LogP contribution in [0.5, 0.6) is 0 Å². The Balaban J connectivity index is 2.35. The minimum absolute atomic E-state index is 0.0407. The Bertz CT molecular complexity index is 316. The molecule has 0 bridgehead atoms. The standard InChI is InChI=1S/C11H17F2NO2S/c1-2-8(6-15)14-5-9-3-4-10(16-9)7-17-11(12)13/h3-4,8,11,14-15H,2,5-7H2,1H3/t8-/m1/s1. The third-order valence-electron chi connectivity index (χ3n) is 2.35. The molecular formula is C11H17F2NO2S. The number of halogens is 2. The van der Waals surface area contributed by atoms with Gasteiger partial charge in [0.15, 0.2) is 0 Å². The molecule has 3 nitrogen and oxygen atoms in total. The Morgan fingerprint density at radius 1 is 1.41 bits per heavy atom. The molecule has 1 heterocycles. The van der Waals surface area contributed by atoms with E-state index in [1.807, 2.05) is 6.92 Å². The highest BCUT2D eigenvalue weighted by molar-refractivity contribution is 7.98. The number of hydrogen-bond donors (Lipinski definition) is 2. The van der Waals surface area contributed by atoms with E-state index in [1.54, 1.807) is 12.1 Å². The lowest BCUT2D eigenvalue weighted by Gasteiger charge is -2.12. The molecule has 98 valence electrons. The molecule has 0 radical (unpaired) electrons. The van der Waals surface area contributed by atoms with Crippen molar-refractivity contribution < 1.29 is 18.3 Å². The number of nitrogens with one attached hydrogen (secondary N) is 1. The summed E-state index contributed by atoms with van der Waals surface area (Å²) in [5, 5.41) is 12.1. The summed E-state index contributed by atoms with van der Waals surface area (Å²) >= 11 is 0.544. The third kappa shape index (κ3) is 5.52. The summed E-state index contributed by atoms with van der Waals surface area (Å²) in [6, 6.07) is 3.50. The van der Waals surface area contributed by atoms with Crippen LogP contribution in [0.25, 0.3) is 0 Å². The van der Waals surface area contributed by atoms with Gasteiger partial charge in [-0.25, -0.2) is 0 Å². The van der Waals surface area contributed by atoms with Gasteiger partial charge in [-0.05, 0) is 18.6 Å². The van der Waals surface area contributed by atoms with E-state index < -0.39 is 5.76 Å². The van der Waals surface area contributed by atoms with Crippen LogP contribution in [0.15, 0.2) is 16.5 Å². The number of alkyl halides is 2. The predicted molar refractivity (Wildman–Crippen MR) is 64.0 cm³/mol. The first kappa shape index (κ1) is 14.5. The van der Waals surface area contributed by atoms with Crippen molar-refractivity contribution in [2.75, 3.05) is 6.61 Å². The van der Waals surface area contributed by atoms with Gasteiger partial charge in [0, 0.05) is 6.04 Å². The lowest BCUT2D eigenvalue weighted by atomic mass is 10.2. The zero-order valence-corrected chi connectivity index (χ0v) is 10.5. The van der Waals surface area contributed by atoms with E-state index in [9.17, 15) is 8.78 Å². The largest absolute Gasteiger partial charge is 0.464 e. The number of aliphatic hydroxyl groups is 1. The van der Waals surface area contributed by atoms with E-state index in [1.165, 1.54) is 0 Å². The zero-order valence-electron chi connectivity index (χ0n) is 9.66. The molecule has 6 heteroatoms. The highest BCUT2D eigenvalue weighted by atomic mass is 32.2. The summed E-state index contributed by atoms with van der Waals surface area (Å²) in [4.78, 5) is 0. The molecular weight excluding hydrogens is 248 g/mol. The van der Waals surface area contributed by atoms with Crippen molar-refractivity contribution in [3.8, 4) is 0 Å². The van der Waals surface area contributed by atoms with Gasteiger partial charge in [-0.2, -0.15) is 8.78 Å². The van der Waals surface area contributed by atoms with Crippen LogP contribution in [0.1, 0.15) is 24.9 Å². The Hall–Kier alpha value is -0.590. The third-order valence-corrected chi connectivity index (χ3v) is 3.05. The molecule has 0 aliphatic rings. The van der Waals surface area contributed by atoms with E-state index in [4.69, 9.17) is 9.52 Å². The molecule has 0 unspecified atom stereocenters. The first-order valence-electron chi connectivity index (χ1n) is 5.47. The molecule has 0 fully saturated rings. The molecule has 17 heavy (non-hydrogen) atoms. The van der Waals surface area contributed by atoms with Gasteiger partial charge in [-0.15, -0.1) is 0 Å². The maximum absolute atomic E-state index is 12.0. The summed E-state index contributed by atoms with van der Waals surface area (Å²) in [5.41, 5.74) is 0. The topological polar surface area (TPSA) is 45.4 Å². The highest BCUT2D eigenvalue weighted by Crippen LogP contribution is 2.21. The van der Waals surface area contributed by atoms with Gasteiger partial charge >= 0.3 is 0 Å². The monoisotopic (exact) mass is 265 g/mol. The van der Waals surface area contributed by atoms with Crippen LogP contribution in [0.3, 0.4) is 0 Å². The van der Waals surface area contributed by atoms with E-state index >= 15 is 0 Å². The molecule has 2 N–H and O–H groups in total. The van der Waals surface area contributed by atoms with Crippen LogP contribution in [0, 0.1) is 0 Å². The fraction of sp³-hybridized carbons (Fsp3) is 0.636. The summed E-state index contributed by atoms with van der Waals surface area (Å²) in [7, 11) is 0. The summed E-state index contributed by atoms with van der Waals surface area (Å²) in [6.45, 7) is 2.55. The minimum atomic E-state index is -2.37. The fourth-order valence-corrected chi connectivity index (χ4v) is 1.77. The maximum atomic E-state index is 12.0. The van der Waals surface area contributed by atoms with E-state index in [0.717, 1.165) is 6.42 Å². The van der Waals surface area contributed by atoms with E-state index in [-0.39, 0.29) is 18.4 Å². The number of thioether (sulfide) groups is 1. The van der Waals surface area contributed by atoms with Crippen molar-refractivity contribution >= 4 is 11.8 Å². The number of furan rings is 1. The first-order valence-corrected chi connectivity index (χ1v) is 6.52. The molecule has 1 aromatic heterocycles. The van der Waals surface area contributed by atoms with E-state index in [2.05, 4.69) is 5.32 Å². The Labute approximate surface area is 104 Å². The van der Waals surface area contributed by atoms with Gasteiger partial charge in [-0.1, -0.05) is 18.7 Å². The number of aliphatic hydroxyl groups excluding tert-OH is 1. The van der Waals surface area contributed by atoms with Crippen LogP contribution in [0.4, 0.5) is 8.78 Å². The lowest BCUT2D eigenvalue weighted by Crippen LogP contribution is -2.30. The molecule has 0 saturated carbocycles. The molecule has 1 aromatic rings. The van der Waals surface area contributed by atoms with Crippen molar-refractivity contribution in [3.05, 3.63) is 23.7 Å². The SMILES string of the molecule is CC[C@H](CO)NCc1ccc(CSC(F)F)o1. The Morgan fingerprint density at radius 2 is 2.12 bits per heavy atom. The number of rotatable bonds is 8. The molecule has 0 aliphatic heterocycles. The quantitative estimate of drug-likeness (QED) is 0.758. The van der Waals surface area contributed by atoms with Gasteiger partial charge in [0.1, 0.15) is 11.5 Å². The molecule has 1 rings (SSSR count). The molecule has 0 amide bonds. The molecule has 0 saturated heterocycles. The lowest BCUT2D eigenvalue weighted by molar-refractivity contribution is 0.235. The second-order valence-corrected chi connectivity index (χ2v) is 4.59. The van der Waals surface area contributed by atoms with Gasteiger partial charge < -0.3 is 14.8 Å². The second-order valence-electron chi connectivity index (χ2n) is 3.61. The Kier molecular flexibility index (Phi) is 6.54. The summed E-state index contributed by atoms with van der Waals surface area (Å²) < 4.78 is 29.3. The zero-order chi connectivity index (χ0) is 12.7. The summed E-state index contributed by atoms with van der Waals surface area (Å²) in [5.74, 6) is -0.957. The fourth-order valence-electron chi connectivity index (χ4n) is 1.32. The van der Waals surface area contributed by atoms with Crippen LogP contribution in [-0.4, -0.2) is 23.5 Å². The second kappa shape index (κ2) is 7.68. The van der Waals surface area contributed by atoms with Crippen molar-refractivity contribution in [3.63, 3.8) is 0 Å². The summed E-state index contributed by atoms with van der Waals surface area (Å²) in [6.07, 6.45) is 0.825. The normalized spacial score (nSPS) is 13.2. The molecule has 0 spiro atoms. The molecule has 0 aromatic carbocycles. The van der Waals surface area contributed by atoms with Gasteiger partial charge in [0.2, 0.25) is 0 Å². The van der Waals surface area contributed by atoms with Crippen LogP contribution in [0.2, 0.25) is 0 Å². The molecule has 1 atom stereocenters. The van der Waals surface area contributed by atoms with E-state index in [0.29, 0.717) is 29.8 Å². The average Bonchev–Trinajstić information content (AvgIpc) is 2.76. The average molecular weight is 265 g/mol. The van der Waals surface area contributed by atoms with Crippen LogP contribution >= 0.6 is 11.8 Å². The highest BCUT2D eigenvalue weighted by Gasteiger charge is 2.08.